The summed E-state index contributed by atoms with van der Waals surface area (Å²) >= 11 is 1.27. The molecule has 1 atom stereocenters. The highest BCUT2D eigenvalue weighted by Gasteiger charge is 2.24. The summed E-state index contributed by atoms with van der Waals surface area (Å²) in [4.78, 5) is 17.3. The molecule has 0 amide bonds. The molecule has 7 heteroatoms. The molecule has 0 aliphatic rings. The van der Waals surface area contributed by atoms with E-state index < -0.39 is 11.0 Å². The topological polar surface area (TPSA) is 79.5 Å². The Kier molecular flexibility index (Phi) is 4.87. The first-order valence-corrected chi connectivity index (χ1v) is 7.44. The molecule has 0 unspecified atom stereocenters. The predicted molar refractivity (Wildman–Crippen MR) is 82.6 cm³/mol. The molecule has 0 fully saturated rings. The zero-order valence-corrected chi connectivity index (χ0v) is 12.7. The first kappa shape index (κ1) is 15.4. The Balaban J connectivity index is 2.35. The molecular weight excluding hydrogens is 290 g/mol. The van der Waals surface area contributed by atoms with Crippen molar-refractivity contribution in [2.75, 3.05) is 11.4 Å². The van der Waals surface area contributed by atoms with Gasteiger partial charge in [-0.2, -0.15) is 0 Å². The number of hydrogen-bond acceptors (Lipinski definition) is 6. The minimum absolute atomic E-state index is 0.0480. The Morgan fingerprint density at radius 3 is 2.67 bits per heavy atom. The van der Waals surface area contributed by atoms with E-state index in [2.05, 4.69) is 4.98 Å². The number of nitrogens with zero attached hydrogens (tertiary/aromatic N) is 3. The Bertz CT molecular complexity index is 613. The molecule has 0 aliphatic carbocycles. The van der Waals surface area contributed by atoms with Crippen LogP contribution in [0.15, 0.2) is 30.6 Å². The van der Waals surface area contributed by atoms with Crippen LogP contribution < -0.4 is 4.90 Å². The van der Waals surface area contributed by atoms with Gasteiger partial charge in [-0.3, -0.25) is 15.1 Å². The van der Waals surface area contributed by atoms with Crippen LogP contribution in [0.5, 0.6) is 0 Å². The molecule has 2 rings (SSSR count). The van der Waals surface area contributed by atoms with Gasteiger partial charge in [-0.1, -0.05) is 0 Å². The standard InChI is InChI=1S/C14H17N3O3S/c1-3-16(9-11-4-6-15-7-5-11)14-12(17(19)20)8-13(21-14)10(2)18/h4-8,10,18H,3,9H2,1-2H3/t10-/m0/s1. The number of aliphatic hydroxyl groups excluding tert-OH is 1. The molecule has 0 aromatic carbocycles. The third-order valence-corrected chi connectivity index (χ3v) is 4.47. The Labute approximate surface area is 126 Å². The number of hydrogen-bond donors (Lipinski definition) is 1. The minimum atomic E-state index is -0.706. The van der Waals surface area contributed by atoms with E-state index in [4.69, 9.17) is 0 Å². The highest BCUT2D eigenvalue weighted by molar-refractivity contribution is 7.16. The number of pyridine rings is 1. The summed E-state index contributed by atoms with van der Waals surface area (Å²) in [5, 5.41) is 21.5. The van der Waals surface area contributed by atoms with Crippen molar-refractivity contribution in [2.24, 2.45) is 0 Å². The number of aromatic nitrogens is 1. The van der Waals surface area contributed by atoms with Gasteiger partial charge in [-0.05, 0) is 31.5 Å². The van der Waals surface area contributed by atoms with Crippen molar-refractivity contribution >= 4 is 22.0 Å². The molecule has 112 valence electrons. The van der Waals surface area contributed by atoms with Gasteiger partial charge < -0.3 is 10.0 Å². The van der Waals surface area contributed by atoms with Crippen molar-refractivity contribution in [1.82, 2.24) is 4.98 Å². The fraction of sp³-hybridized carbons (Fsp3) is 0.357. The zero-order valence-electron chi connectivity index (χ0n) is 11.9. The largest absolute Gasteiger partial charge is 0.388 e. The highest BCUT2D eigenvalue weighted by Crippen LogP contribution is 2.40. The van der Waals surface area contributed by atoms with Crippen molar-refractivity contribution in [3.8, 4) is 0 Å². The van der Waals surface area contributed by atoms with Crippen LogP contribution in [0.3, 0.4) is 0 Å². The van der Waals surface area contributed by atoms with E-state index in [0.717, 1.165) is 5.56 Å². The van der Waals surface area contributed by atoms with Gasteiger partial charge in [0.15, 0.2) is 5.00 Å². The van der Waals surface area contributed by atoms with Crippen LogP contribution in [-0.4, -0.2) is 21.6 Å². The van der Waals surface area contributed by atoms with E-state index in [1.807, 2.05) is 24.0 Å². The van der Waals surface area contributed by atoms with E-state index in [9.17, 15) is 15.2 Å². The summed E-state index contributed by atoms with van der Waals surface area (Å²) in [5.41, 5.74) is 1.08. The molecule has 2 aromatic heterocycles. The molecule has 2 heterocycles. The molecular formula is C14H17N3O3S. The predicted octanol–water partition coefficient (Wildman–Crippen LogP) is 3.13. The van der Waals surface area contributed by atoms with Crippen LogP contribution in [0, 0.1) is 10.1 Å². The van der Waals surface area contributed by atoms with Gasteiger partial charge >= 0.3 is 5.69 Å². The summed E-state index contributed by atoms with van der Waals surface area (Å²) in [5.74, 6) is 0. The lowest BCUT2D eigenvalue weighted by atomic mass is 10.2. The van der Waals surface area contributed by atoms with Gasteiger partial charge in [0.05, 0.1) is 11.0 Å². The third kappa shape index (κ3) is 3.56. The number of thiophene rings is 1. The second kappa shape index (κ2) is 6.64. The van der Waals surface area contributed by atoms with Gasteiger partial charge in [-0.15, -0.1) is 11.3 Å². The second-order valence-corrected chi connectivity index (χ2v) is 5.70. The monoisotopic (exact) mass is 307 g/mol. The smallest absolute Gasteiger partial charge is 0.304 e. The SMILES string of the molecule is CCN(Cc1ccncc1)c1sc([C@H](C)O)cc1[N+](=O)[O-]. The van der Waals surface area contributed by atoms with Crippen LogP contribution >= 0.6 is 11.3 Å². The van der Waals surface area contributed by atoms with E-state index in [0.29, 0.717) is 23.0 Å². The lowest BCUT2D eigenvalue weighted by Crippen LogP contribution is -2.21. The molecule has 0 aliphatic heterocycles. The zero-order chi connectivity index (χ0) is 15.4. The number of nitro groups is 1. The van der Waals surface area contributed by atoms with E-state index in [1.165, 1.54) is 17.4 Å². The summed E-state index contributed by atoms with van der Waals surface area (Å²) in [7, 11) is 0. The molecule has 21 heavy (non-hydrogen) atoms. The van der Waals surface area contributed by atoms with Crippen LogP contribution in [-0.2, 0) is 6.54 Å². The first-order valence-electron chi connectivity index (χ1n) is 6.63. The molecule has 0 saturated heterocycles. The number of rotatable bonds is 6. The average molecular weight is 307 g/mol. The van der Waals surface area contributed by atoms with Gasteiger partial charge in [0.25, 0.3) is 0 Å². The Hall–Kier alpha value is -1.99. The number of anilines is 1. The van der Waals surface area contributed by atoms with E-state index in [1.54, 1.807) is 19.3 Å². The van der Waals surface area contributed by atoms with E-state index >= 15 is 0 Å². The summed E-state index contributed by atoms with van der Waals surface area (Å²) in [6.45, 7) is 4.77. The Morgan fingerprint density at radius 1 is 1.48 bits per heavy atom. The summed E-state index contributed by atoms with van der Waals surface area (Å²) < 4.78 is 0. The van der Waals surface area contributed by atoms with Crippen LogP contribution in [0.2, 0.25) is 0 Å². The lowest BCUT2D eigenvalue weighted by Gasteiger charge is -2.20. The molecule has 1 N–H and O–H groups in total. The fourth-order valence-electron chi connectivity index (χ4n) is 1.99. The average Bonchev–Trinajstić information content (AvgIpc) is 2.91. The van der Waals surface area contributed by atoms with Crippen LogP contribution in [0.1, 0.15) is 30.4 Å². The second-order valence-electron chi connectivity index (χ2n) is 4.64. The molecule has 0 bridgehead atoms. The quantitative estimate of drug-likeness (QED) is 0.655. The summed E-state index contributed by atoms with van der Waals surface area (Å²) in [6, 6.07) is 5.23. The fourth-order valence-corrected chi connectivity index (χ4v) is 3.11. The van der Waals surface area contributed by atoms with Crippen molar-refractivity contribution in [3.63, 3.8) is 0 Å². The number of aliphatic hydroxyl groups is 1. The third-order valence-electron chi connectivity index (χ3n) is 3.11. The maximum absolute atomic E-state index is 11.2. The van der Waals surface area contributed by atoms with Crippen LogP contribution in [0.25, 0.3) is 0 Å². The maximum atomic E-state index is 11.2. The molecule has 2 aromatic rings. The first-order chi connectivity index (χ1) is 10.0. The maximum Gasteiger partial charge on any atom is 0.304 e. The summed E-state index contributed by atoms with van der Waals surface area (Å²) in [6.07, 6.45) is 2.70. The molecule has 0 spiro atoms. The van der Waals surface area contributed by atoms with E-state index in [-0.39, 0.29) is 5.69 Å². The van der Waals surface area contributed by atoms with Crippen LogP contribution in [0.4, 0.5) is 10.7 Å². The highest BCUT2D eigenvalue weighted by atomic mass is 32.1. The van der Waals surface area contributed by atoms with Gasteiger partial charge in [0.2, 0.25) is 0 Å². The van der Waals surface area contributed by atoms with Gasteiger partial charge in [0.1, 0.15) is 0 Å². The van der Waals surface area contributed by atoms with Crippen molar-refractivity contribution in [2.45, 2.75) is 26.5 Å². The van der Waals surface area contributed by atoms with Crippen molar-refractivity contribution in [1.29, 1.82) is 0 Å². The Morgan fingerprint density at radius 2 is 2.14 bits per heavy atom. The van der Waals surface area contributed by atoms with Gasteiger partial charge in [0, 0.05) is 36.4 Å². The molecule has 0 radical (unpaired) electrons. The lowest BCUT2D eigenvalue weighted by molar-refractivity contribution is -0.383. The molecule has 0 saturated carbocycles. The van der Waals surface area contributed by atoms with Crippen molar-refractivity contribution in [3.05, 3.63) is 51.1 Å². The normalized spacial score (nSPS) is 12.1. The molecule has 6 nitrogen and oxygen atoms in total. The minimum Gasteiger partial charge on any atom is -0.388 e. The van der Waals surface area contributed by atoms with Crippen molar-refractivity contribution < 1.29 is 10.0 Å². The van der Waals surface area contributed by atoms with Gasteiger partial charge in [-0.25, -0.2) is 0 Å².